The fraction of sp³-hybridized carbons (Fsp3) is 0.800. The smallest absolute Gasteiger partial charge is 0.225 e. The summed E-state index contributed by atoms with van der Waals surface area (Å²) < 4.78 is 25.3. The normalized spacial score (nSPS) is 23.1. The van der Waals surface area contributed by atoms with Gasteiger partial charge in [0.05, 0.1) is 11.0 Å². The van der Waals surface area contributed by atoms with Crippen LogP contribution in [0.4, 0.5) is 0 Å². The third-order valence-electron chi connectivity index (χ3n) is 3.10. The predicted octanol–water partition coefficient (Wildman–Crippen LogP) is 1.46. The van der Waals surface area contributed by atoms with E-state index < -0.39 is 9.84 Å². The Morgan fingerprint density at radius 3 is 2.82 bits per heavy atom. The molecule has 0 amide bonds. The molecule has 17 heavy (non-hydrogen) atoms. The van der Waals surface area contributed by atoms with Crippen molar-refractivity contribution in [2.45, 2.75) is 44.4 Å². The lowest BCUT2D eigenvalue weighted by atomic mass is 10.2. The summed E-state index contributed by atoms with van der Waals surface area (Å²) in [6.45, 7) is 2.43. The lowest BCUT2D eigenvalue weighted by molar-refractivity contribution is 0.556. The molecule has 2 rings (SSSR count). The van der Waals surface area contributed by atoms with Crippen LogP contribution in [0, 0.1) is 0 Å². The Balaban J connectivity index is 2.21. The van der Waals surface area contributed by atoms with Gasteiger partial charge in [-0.05, 0) is 30.9 Å². The van der Waals surface area contributed by atoms with Crippen LogP contribution in [-0.4, -0.2) is 34.2 Å². The van der Waals surface area contributed by atoms with E-state index in [0.717, 1.165) is 25.1 Å². The third-order valence-corrected chi connectivity index (χ3v) is 5.64. The maximum atomic E-state index is 11.8. The second-order valence-corrected chi connectivity index (χ2v) is 7.12. The number of nitrogens with zero attached hydrogens (tertiary/aromatic N) is 3. The molecule has 0 aromatic carbocycles. The summed E-state index contributed by atoms with van der Waals surface area (Å²) in [6.07, 6.45) is 3.16. The molecular weight excluding hydrogens is 262 g/mol. The molecule has 7 heteroatoms. The van der Waals surface area contributed by atoms with Crippen molar-refractivity contribution in [3.63, 3.8) is 0 Å². The molecule has 1 fully saturated rings. The number of rotatable bonds is 4. The van der Waals surface area contributed by atoms with Crippen LogP contribution >= 0.6 is 11.6 Å². The zero-order chi connectivity index (χ0) is 12.5. The molecule has 0 radical (unpaired) electrons. The van der Waals surface area contributed by atoms with Gasteiger partial charge in [0.25, 0.3) is 0 Å². The average molecular weight is 278 g/mol. The minimum atomic E-state index is -2.95. The second kappa shape index (κ2) is 4.94. The van der Waals surface area contributed by atoms with Gasteiger partial charge in [0.2, 0.25) is 5.28 Å². The Labute approximate surface area is 106 Å². The first-order valence-corrected chi connectivity index (χ1v) is 7.93. The molecule has 1 aromatic rings. The largest absolute Gasteiger partial charge is 0.300 e. The van der Waals surface area contributed by atoms with Crippen molar-refractivity contribution in [3.8, 4) is 0 Å². The maximum Gasteiger partial charge on any atom is 0.225 e. The van der Waals surface area contributed by atoms with E-state index >= 15 is 0 Å². The Morgan fingerprint density at radius 2 is 2.24 bits per heavy atom. The molecule has 1 aliphatic heterocycles. The molecule has 1 atom stereocenters. The highest BCUT2D eigenvalue weighted by atomic mass is 35.5. The fourth-order valence-corrected chi connectivity index (χ4v) is 4.18. The Kier molecular flexibility index (Phi) is 3.73. The van der Waals surface area contributed by atoms with E-state index in [9.17, 15) is 8.42 Å². The van der Waals surface area contributed by atoms with Crippen LogP contribution in [0.3, 0.4) is 0 Å². The fourth-order valence-electron chi connectivity index (χ4n) is 2.17. The van der Waals surface area contributed by atoms with Gasteiger partial charge < -0.3 is 4.57 Å². The summed E-state index contributed by atoms with van der Waals surface area (Å²) in [5, 5.41) is 7.75. The first kappa shape index (κ1) is 12.8. The third kappa shape index (κ3) is 2.63. The zero-order valence-corrected chi connectivity index (χ0v) is 11.3. The number of sulfone groups is 1. The summed E-state index contributed by atoms with van der Waals surface area (Å²) in [5.74, 6) is 1.07. The van der Waals surface area contributed by atoms with E-state index in [2.05, 4.69) is 10.2 Å². The monoisotopic (exact) mass is 277 g/mol. The summed E-state index contributed by atoms with van der Waals surface area (Å²) >= 11 is 5.95. The first-order valence-electron chi connectivity index (χ1n) is 5.83. The number of halogens is 1. The number of aryl methyl sites for hydroxylation is 1. The standard InChI is InChI=1S/C10H16ClN3O2S/c1-2-4-9-12-13-10(11)14(9)7-8-5-3-6-17(8,15)16/h8H,2-7H2,1H3. The van der Waals surface area contributed by atoms with Gasteiger partial charge in [-0.2, -0.15) is 0 Å². The predicted molar refractivity (Wildman–Crippen MR) is 65.8 cm³/mol. The molecule has 0 aliphatic carbocycles. The molecular formula is C10H16ClN3O2S. The van der Waals surface area contributed by atoms with Gasteiger partial charge in [-0.1, -0.05) is 6.92 Å². The molecule has 0 saturated carbocycles. The number of hydrogen-bond acceptors (Lipinski definition) is 4. The quantitative estimate of drug-likeness (QED) is 0.836. The van der Waals surface area contributed by atoms with Crippen LogP contribution < -0.4 is 0 Å². The van der Waals surface area contributed by atoms with Gasteiger partial charge in [-0.3, -0.25) is 0 Å². The molecule has 1 saturated heterocycles. The summed E-state index contributed by atoms with van der Waals surface area (Å²) in [6, 6.07) is 0. The maximum absolute atomic E-state index is 11.8. The highest BCUT2D eigenvalue weighted by Gasteiger charge is 2.32. The molecule has 0 N–H and O–H groups in total. The lowest BCUT2D eigenvalue weighted by Gasteiger charge is -2.12. The minimum Gasteiger partial charge on any atom is -0.300 e. The molecule has 1 aliphatic rings. The molecule has 5 nitrogen and oxygen atoms in total. The summed E-state index contributed by atoms with van der Waals surface area (Å²) in [4.78, 5) is 0. The van der Waals surface area contributed by atoms with Crippen molar-refractivity contribution in [1.29, 1.82) is 0 Å². The van der Waals surface area contributed by atoms with E-state index in [1.165, 1.54) is 0 Å². The van der Waals surface area contributed by atoms with Gasteiger partial charge in [0.15, 0.2) is 9.84 Å². The van der Waals surface area contributed by atoms with Crippen molar-refractivity contribution in [2.75, 3.05) is 5.75 Å². The summed E-state index contributed by atoms with van der Waals surface area (Å²) in [5.41, 5.74) is 0. The van der Waals surface area contributed by atoms with Crippen molar-refractivity contribution < 1.29 is 8.42 Å². The highest BCUT2D eigenvalue weighted by molar-refractivity contribution is 7.92. The van der Waals surface area contributed by atoms with E-state index in [0.29, 0.717) is 18.7 Å². The van der Waals surface area contributed by atoms with E-state index in [1.807, 2.05) is 6.92 Å². The Morgan fingerprint density at radius 1 is 1.47 bits per heavy atom. The first-order chi connectivity index (χ1) is 8.04. The molecule has 96 valence electrons. The molecule has 2 heterocycles. The van der Waals surface area contributed by atoms with Crippen LogP contribution in [0.2, 0.25) is 5.28 Å². The van der Waals surface area contributed by atoms with Gasteiger partial charge in [-0.25, -0.2) is 8.42 Å². The van der Waals surface area contributed by atoms with Crippen LogP contribution in [0.5, 0.6) is 0 Å². The van der Waals surface area contributed by atoms with Crippen LogP contribution in [-0.2, 0) is 22.8 Å². The summed E-state index contributed by atoms with van der Waals surface area (Å²) in [7, 11) is -2.95. The second-order valence-electron chi connectivity index (χ2n) is 4.38. The molecule has 0 spiro atoms. The molecule has 0 bridgehead atoms. The lowest BCUT2D eigenvalue weighted by Crippen LogP contribution is -2.23. The van der Waals surface area contributed by atoms with Crippen molar-refractivity contribution in [3.05, 3.63) is 11.1 Å². The highest BCUT2D eigenvalue weighted by Crippen LogP contribution is 2.23. The zero-order valence-electron chi connectivity index (χ0n) is 9.76. The molecule has 1 unspecified atom stereocenters. The van der Waals surface area contributed by atoms with Crippen molar-refractivity contribution in [2.24, 2.45) is 0 Å². The van der Waals surface area contributed by atoms with Gasteiger partial charge in [0, 0.05) is 13.0 Å². The van der Waals surface area contributed by atoms with Gasteiger partial charge in [0.1, 0.15) is 5.82 Å². The van der Waals surface area contributed by atoms with Crippen LogP contribution in [0.1, 0.15) is 32.0 Å². The van der Waals surface area contributed by atoms with Gasteiger partial charge >= 0.3 is 0 Å². The van der Waals surface area contributed by atoms with E-state index in [1.54, 1.807) is 4.57 Å². The van der Waals surface area contributed by atoms with E-state index in [-0.39, 0.29) is 10.5 Å². The average Bonchev–Trinajstić information content (AvgIpc) is 2.76. The van der Waals surface area contributed by atoms with Gasteiger partial charge in [-0.15, -0.1) is 10.2 Å². The van der Waals surface area contributed by atoms with Crippen LogP contribution in [0.15, 0.2) is 0 Å². The van der Waals surface area contributed by atoms with E-state index in [4.69, 9.17) is 11.6 Å². The molecule has 1 aromatic heterocycles. The van der Waals surface area contributed by atoms with Crippen molar-refractivity contribution >= 4 is 21.4 Å². The van der Waals surface area contributed by atoms with Crippen LogP contribution in [0.25, 0.3) is 0 Å². The topological polar surface area (TPSA) is 64.8 Å². The number of aromatic nitrogens is 3. The Bertz CT molecular complexity index is 498. The Hall–Kier alpha value is -0.620. The number of hydrogen-bond donors (Lipinski definition) is 0. The minimum absolute atomic E-state index is 0.288. The van der Waals surface area contributed by atoms with Crippen molar-refractivity contribution in [1.82, 2.24) is 14.8 Å². The SMILES string of the molecule is CCCc1nnc(Cl)n1CC1CCCS1(=O)=O.